The third-order valence-corrected chi connectivity index (χ3v) is 3.43. The second-order valence-corrected chi connectivity index (χ2v) is 5.26. The first kappa shape index (κ1) is 15.6. The smallest absolute Gasteiger partial charge is 0.135 e. The van der Waals surface area contributed by atoms with E-state index in [4.69, 9.17) is 11.6 Å². The van der Waals surface area contributed by atoms with Crippen LogP contribution in [0.25, 0.3) is 0 Å². The van der Waals surface area contributed by atoms with Gasteiger partial charge in [-0.1, -0.05) is 37.6 Å². The summed E-state index contributed by atoms with van der Waals surface area (Å²) in [7, 11) is 0. The first-order chi connectivity index (χ1) is 10.2. The van der Waals surface area contributed by atoms with Gasteiger partial charge in [0.1, 0.15) is 18.0 Å². The lowest BCUT2D eigenvalue weighted by molar-refractivity contribution is 0.733. The summed E-state index contributed by atoms with van der Waals surface area (Å²) in [4.78, 5) is 10.9. The van der Waals surface area contributed by atoms with Crippen molar-refractivity contribution in [2.24, 2.45) is 0 Å². The molecular weight excluding hydrogens is 284 g/mol. The monoisotopic (exact) mass is 304 g/mol. The van der Waals surface area contributed by atoms with Gasteiger partial charge in [0, 0.05) is 19.2 Å². The lowest BCUT2D eigenvalue weighted by atomic mass is 10.3. The third kappa shape index (κ3) is 4.33. The van der Waals surface area contributed by atoms with Gasteiger partial charge in [-0.25, -0.2) is 9.97 Å². The predicted molar refractivity (Wildman–Crippen MR) is 89.6 cm³/mol. The zero-order chi connectivity index (χ0) is 15.1. The average molecular weight is 305 g/mol. The van der Waals surface area contributed by atoms with E-state index in [1.165, 1.54) is 0 Å². The molecule has 0 saturated heterocycles. The Balaban J connectivity index is 2.18. The van der Waals surface area contributed by atoms with Gasteiger partial charge in [0.25, 0.3) is 0 Å². The van der Waals surface area contributed by atoms with Crippen LogP contribution in [-0.4, -0.2) is 23.1 Å². The van der Waals surface area contributed by atoms with E-state index in [9.17, 15) is 0 Å². The number of hydrogen-bond acceptors (Lipinski definition) is 4. The lowest BCUT2D eigenvalue weighted by Crippen LogP contribution is -2.25. The summed E-state index contributed by atoms with van der Waals surface area (Å²) in [6.45, 7) is 6.34. The number of aromatic nitrogens is 2. The molecule has 4 nitrogen and oxygen atoms in total. The maximum atomic E-state index is 6.16. The van der Waals surface area contributed by atoms with Crippen molar-refractivity contribution in [2.75, 3.05) is 23.3 Å². The van der Waals surface area contributed by atoms with Gasteiger partial charge in [-0.2, -0.15) is 0 Å². The van der Waals surface area contributed by atoms with Crippen LogP contribution in [-0.2, 0) is 0 Å². The van der Waals surface area contributed by atoms with Crippen molar-refractivity contribution in [3.63, 3.8) is 0 Å². The number of anilines is 3. The fourth-order valence-electron chi connectivity index (χ4n) is 2.17. The van der Waals surface area contributed by atoms with Crippen molar-refractivity contribution >= 4 is 28.9 Å². The van der Waals surface area contributed by atoms with E-state index in [1.807, 2.05) is 30.3 Å². The molecule has 0 atom stereocenters. The molecule has 0 aliphatic heterocycles. The Labute approximate surface area is 131 Å². The van der Waals surface area contributed by atoms with Crippen LogP contribution in [0.3, 0.4) is 0 Å². The molecule has 2 aromatic rings. The molecule has 0 bridgehead atoms. The zero-order valence-corrected chi connectivity index (χ0v) is 13.3. The maximum Gasteiger partial charge on any atom is 0.135 e. The Bertz CT molecular complexity index is 568. The summed E-state index contributed by atoms with van der Waals surface area (Å²) in [6.07, 6.45) is 3.78. The van der Waals surface area contributed by atoms with E-state index in [0.717, 1.165) is 43.3 Å². The summed E-state index contributed by atoms with van der Waals surface area (Å²) < 4.78 is 0. The summed E-state index contributed by atoms with van der Waals surface area (Å²) in [5.74, 6) is 1.70. The third-order valence-electron chi connectivity index (χ3n) is 3.10. The topological polar surface area (TPSA) is 41.0 Å². The number of benzene rings is 1. The molecule has 0 aliphatic rings. The van der Waals surface area contributed by atoms with Crippen LogP contribution < -0.4 is 10.2 Å². The second kappa shape index (κ2) is 7.84. The fourth-order valence-corrected chi connectivity index (χ4v) is 2.35. The first-order valence-electron chi connectivity index (χ1n) is 7.33. The molecule has 1 heterocycles. The summed E-state index contributed by atoms with van der Waals surface area (Å²) >= 11 is 6.16. The second-order valence-electron chi connectivity index (χ2n) is 4.85. The van der Waals surface area contributed by atoms with Crippen LogP contribution >= 0.6 is 11.6 Å². The van der Waals surface area contributed by atoms with Crippen molar-refractivity contribution in [3.8, 4) is 0 Å². The van der Waals surface area contributed by atoms with Gasteiger partial charge in [-0.05, 0) is 25.0 Å². The van der Waals surface area contributed by atoms with Crippen LogP contribution in [0.4, 0.5) is 17.3 Å². The predicted octanol–water partition coefficient (Wildman–Crippen LogP) is 4.50. The Morgan fingerprint density at radius 3 is 2.48 bits per heavy atom. The van der Waals surface area contributed by atoms with Crippen LogP contribution in [0.15, 0.2) is 36.7 Å². The molecule has 1 aromatic heterocycles. The van der Waals surface area contributed by atoms with Gasteiger partial charge >= 0.3 is 0 Å². The number of halogens is 1. The lowest BCUT2D eigenvalue weighted by Gasteiger charge is -2.22. The molecule has 1 aromatic carbocycles. The molecule has 1 N–H and O–H groups in total. The Kier molecular flexibility index (Phi) is 5.81. The van der Waals surface area contributed by atoms with Crippen LogP contribution in [0.5, 0.6) is 0 Å². The highest BCUT2D eigenvalue weighted by atomic mass is 35.5. The molecule has 2 rings (SSSR count). The van der Waals surface area contributed by atoms with Crippen LogP contribution in [0, 0.1) is 0 Å². The first-order valence-corrected chi connectivity index (χ1v) is 7.71. The highest BCUT2D eigenvalue weighted by molar-refractivity contribution is 6.33. The Morgan fingerprint density at radius 1 is 1.10 bits per heavy atom. The average Bonchev–Trinajstić information content (AvgIpc) is 2.50. The Morgan fingerprint density at radius 2 is 1.81 bits per heavy atom. The van der Waals surface area contributed by atoms with E-state index in [0.29, 0.717) is 5.02 Å². The van der Waals surface area contributed by atoms with Crippen LogP contribution in [0.2, 0.25) is 5.02 Å². The zero-order valence-electron chi connectivity index (χ0n) is 12.5. The molecule has 0 spiro atoms. The largest absolute Gasteiger partial charge is 0.356 e. The van der Waals surface area contributed by atoms with E-state index in [2.05, 4.69) is 34.0 Å². The van der Waals surface area contributed by atoms with E-state index >= 15 is 0 Å². The molecule has 0 radical (unpaired) electrons. The van der Waals surface area contributed by atoms with E-state index in [-0.39, 0.29) is 0 Å². The Hall–Kier alpha value is -1.81. The fraction of sp³-hybridized carbons (Fsp3) is 0.375. The molecule has 0 unspecified atom stereocenters. The van der Waals surface area contributed by atoms with E-state index < -0.39 is 0 Å². The van der Waals surface area contributed by atoms with E-state index in [1.54, 1.807) is 6.33 Å². The number of nitrogens with zero attached hydrogens (tertiary/aromatic N) is 3. The minimum absolute atomic E-state index is 0.677. The molecule has 5 heteroatoms. The summed E-state index contributed by atoms with van der Waals surface area (Å²) in [6, 6.07) is 9.60. The highest BCUT2D eigenvalue weighted by Crippen LogP contribution is 2.25. The normalized spacial score (nSPS) is 10.4. The van der Waals surface area contributed by atoms with Gasteiger partial charge in [0.15, 0.2) is 0 Å². The van der Waals surface area contributed by atoms with Crippen LogP contribution in [0.1, 0.15) is 26.7 Å². The standard InChI is InChI=1S/C16H21ClN4/c1-3-9-21(10-4-2)16-11-15(18-12-19-16)20-14-8-6-5-7-13(14)17/h5-8,11-12H,3-4,9-10H2,1-2H3,(H,18,19,20). The quantitative estimate of drug-likeness (QED) is 0.817. The van der Waals surface area contributed by atoms with Gasteiger partial charge in [0.2, 0.25) is 0 Å². The van der Waals surface area contributed by atoms with Gasteiger partial charge in [-0.15, -0.1) is 0 Å². The SMILES string of the molecule is CCCN(CCC)c1cc(Nc2ccccc2Cl)ncn1. The van der Waals surface area contributed by atoms with Crippen molar-refractivity contribution in [1.82, 2.24) is 9.97 Å². The van der Waals surface area contributed by atoms with Crippen molar-refractivity contribution < 1.29 is 0 Å². The number of hydrogen-bond donors (Lipinski definition) is 1. The minimum atomic E-state index is 0.677. The molecule has 112 valence electrons. The van der Waals surface area contributed by atoms with Gasteiger partial charge in [-0.3, -0.25) is 0 Å². The van der Waals surface area contributed by atoms with Crippen molar-refractivity contribution in [3.05, 3.63) is 41.7 Å². The molecule has 0 aliphatic carbocycles. The minimum Gasteiger partial charge on any atom is -0.356 e. The number of nitrogens with one attached hydrogen (secondary N) is 1. The molecular formula is C16H21ClN4. The molecule has 0 fully saturated rings. The van der Waals surface area contributed by atoms with Crippen molar-refractivity contribution in [1.29, 1.82) is 0 Å². The van der Waals surface area contributed by atoms with Gasteiger partial charge < -0.3 is 10.2 Å². The van der Waals surface area contributed by atoms with Gasteiger partial charge in [0.05, 0.1) is 10.7 Å². The maximum absolute atomic E-state index is 6.16. The van der Waals surface area contributed by atoms with Crippen molar-refractivity contribution in [2.45, 2.75) is 26.7 Å². The number of para-hydroxylation sites is 1. The summed E-state index contributed by atoms with van der Waals surface area (Å²) in [5.41, 5.74) is 0.848. The molecule has 21 heavy (non-hydrogen) atoms. The number of rotatable bonds is 7. The molecule has 0 saturated carbocycles. The highest BCUT2D eigenvalue weighted by Gasteiger charge is 2.08. The summed E-state index contributed by atoms with van der Waals surface area (Å²) in [5, 5.41) is 3.92. The molecule has 0 amide bonds.